The predicted molar refractivity (Wildman–Crippen MR) is 67.7 cm³/mol. The smallest absolute Gasteiger partial charge is 0.223 e. The van der Waals surface area contributed by atoms with Gasteiger partial charge in [-0.05, 0) is 37.8 Å². The maximum absolute atomic E-state index is 11.5. The van der Waals surface area contributed by atoms with Crippen LogP contribution in [0.2, 0.25) is 0 Å². The highest BCUT2D eigenvalue weighted by atomic mass is 16.1. The molecule has 4 heteroatoms. The molecule has 1 saturated heterocycles. The average Bonchev–Trinajstić information content (AvgIpc) is 2.38. The number of piperidine rings is 1. The van der Waals surface area contributed by atoms with Crippen LogP contribution in [0, 0.1) is 5.92 Å². The fourth-order valence-electron chi connectivity index (χ4n) is 2.14. The Labute approximate surface area is 102 Å². The molecule has 1 aliphatic rings. The van der Waals surface area contributed by atoms with Gasteiger partial charge in [0.15, 0.2) is 0 Å². The summed E-state index contributed by atoms with van der Waals surface area (Å²) in [6.45, 7) is 1.72. The van der Waals surface area contributed by atoms with E-state index in [1.807, 2.05) is 18.2 Å². The minimum atomic E-state index is 0.217. The summed E-state index contributed by atoms with van der Waals surface area (Å²) in [5, 5.41) is 6.18. The topological polar surface area (TPSA) is 54.0 Å². The van der Waals surface area contributed by atoms with Gasteiger partial charge >= 0.3 is 0 Å². The van der Waals surface area contributed by atoms with Gasteiger partial charge in [0.25, 0.3) is 0 Å². The molecule has 0 saturated carbocycles. The SMILES string of the molecule is O=C1NCCC[C@H]1CCCNc1ccccn1. The molecule has 0 bridgehead atoms. The van der Waals surface area contributed by atoms with Gasteiger partial charge in [0.2, 0.25) is 5.91 Å². The number of carbonyl (C=O) groups excluding carboxylic acids is 1. The lowest BCUT2D eigenvalue weighted by Gasteiger charge is -2.21. The Kier molecular flexibility index (Phi) is 4.36. The van der Waals surface area contributed by atoms with Crippen molar-refractivity contribution in [2.24, 2.45) is 5.92 Å². The standard InChI is InChI=1S/C13H19N3O/c17-13-11(6-4-10-16-13)5-3-9-15-12-7-1-2-8-14-12/h1-2,7-8,11H,3-6,9-10H2,(H,14,15)(H,16,17)/t11-/m1/s1. The van der Waals surface area contributed by atoms with Gasteiger partial charge in [0.05, 0.1) is 0 Å². The zero-order valence-corrected chi connectivity index (χ0v) is 9.98. The molecular weight excluding hydrogens is 214 g/mol. The van der Waals surface area contributed by atoms with Gasteiger partial charge in [-0.15, -0.1) is 0 Å². The molecule has 1 aromatic heterocycles. The third-order valence-corrected chi connectivity index (χ3v) is 3.10. The Bertz CT molecular complexity index is 353. The second kappa shape index (κ2) is 6.23. The molecule has 1 fully saturated rings. The molecule has 0 radical (unpaired) electrons. The first-order chi connectivity index (χ1) is 8.36. The molecular formula is C13H19N3O. The number of anilines is 1. The van der Waals surface area contributed by atoms with Gasteiger partial charge in [-0.3, -0.25) is 4.79 Å². The van der Waals surface area contributed by atoms with Crippen LogP contribution in [0.15, 0.2) is 24.4 Å². The first kappa shape index (κ1) is 11.9. The summed E-state index contributed by atoms with van der Waals surface area (Å²) in [6, 6.07) is 5.81. The van der Waals surface area contributed by atoms with Crippen molar-refractivity contribution in [2.45, 2.75) is 25.7 Å². The largest absolute Gasteiger partial charge is 0.370 e. The van der Waals surface area contributed by atoms with Gasteiger partial charge in [-0.1, -0.05) is 6.07 Å². The Morgan fingerprint density at radius 1 is 1.47 bits per heavy atom. The van der Waals surface area contributed by atoms with E-state index in [-0.39, 0.29) is 11.8 Å². The van der Waals surface area contributed by atoms with Crippen LogP contribution in [0.4, 0.5) is 5.82 Å². The number of aromatic nitrogens is 1. The fourth-order valence-corrected chi connectivity index (χ4v) is 2.14. The molecule has 0 aliphatic carbocycles. The molecule has 1 aliphatic heterocycles. The Morgan fingerprint density at radius 2 is 2.41 bits per heavy atom. The lowest BCUT2D eigenvalue weighted by atomic mass is 9.94. The maximum Gasteiger partial charge on any atom is 0.223 e. The van der Waals surface area contributed by atoms with Crippen LogP contribution in [0.5, 0.6) is 0 Å². The second-order valence-electron chi connectivity index (χ2n) is 4.41. The summed E-state index contributed by atoms with van der Waals surface area (Å²) in [7, 11) is 0. The van der Waals surface area contributed by atoms with Crippen molar-refractivity contribution >= 4 is 11.7 Å². The molecule has 2 rings (SSSR count). The fraction of sp³-hybridized carbons (Fsp3) is 0.538. The number of amides is 1. The highest BCUT2D eigenvalue weighted by molar-refractivity contribution is 5.79. The summed E-state index contributed by atoms with van der Waals surface area (Å²) in [5.41, 5.74) is 0. The molecule has 92 valence electrons. The van der Waals surface area contributed by atoms with Gasteiger partial charge < -0.3 is 10.6 Å². The monoisotopic (exact) mass is 233 g/mol. The van der Waals surface area contributed by atoms with Crippen molar-refractivity contribution in [3.05, 3.63) is 24.4 Å². The summed E-state index contributed by atoms with van der Waals surface area (Å²) in [6.07, 6.45) is 5.90. The summed E-state index contributed by atoms with van der Waals surface area (Å²) < 4.78 is 0. The highest BCUT2D eigenvalue weighted by Crippen LogP contribution is 2.17. The number of hydrogen-bond donors (Lipinski definition) is 2. The van der Waals surface area contributed by atoms with Gasteiger partial charge in [-0.25, -0.2) is 4.98 Å². The summed E-state index contributed by atoms with van der Waals surface area (Å²) >= 11 is 0. The number of pyridine rings is 1. The van der Waals surface area contributed by atoms with Gasteiger partial charge in [-0.2, -0.15) is 0 Å². The van der Waals surface area contributed by atoms with E-state index in [1.54, 1.807) is 6.20 Å². The minimum Gasteiger partial charge on any atom is -0.370 e. The van der Waals surface area contributed by atoms with Crippen molar-refractivity contribution < 1.29 is 4.79 Å². The number of nitrogens with zero attached hydrogens (tertiary/aromatic N) is 1. The van der Waals surface area contributed by atoms with Crippen LogP contribution in [0.1, 0.15) is 25.7 Å². The lowest BCUT2D eigenvalue weighted by Crippen LogP contribution is -2.36. The van der Waals surface area contributed by atoms with Crippen LogP contribution in [0.3, 0.4) is 0 Å². The van der Waals surface area contributed by atoms with Crippen LogP contribution in [-0.4, -0.2) is 24.0 Å². The molecule has 0 spiro atoms. The van der Waals surface area contributed by atoms with E-state index in [9.17, 15) is 4.79 Å². The van der Waals surface area contributed by atoms with E-state index in [4.69, 9.17) is 0 Å². The predicted octanol–water partition coefficient (Wildman–Crippen LogP) is 1.80. The molecule has 1 aromatic rings. The van der Waals surface area contributed by atoms with Crippen molar-refractivity contribution in [2.75, 3.05) is 18.4 Å². The number of nitrogens with one attached hydrogen (secondary N) is 2. The van der Waals surface area contributed by atoms with E-state index < -0.39 is 0 Å². The van der Waals surface area contributed by atoms with E-state index >= 15 is 0 Å². The quantitative estimate of drug-likeness (QED) is 0.762. The number of hydrogen-bond acceptors (Lipinski definition) is 3. The van der Waals surface area contributed by atoms with Gasteiger partial charge in [0, 0.05) is 25.2 Å². The molecule has 2 N–H and O–H groups in total. The van der Waals surface area contributed by atoms with Crippen LogP contribution >= 0.6 is 0 Å². The van der Waals surface area contributed by atoms with Crippen molar-refractivity contribution in [1.29, 1.82) is 0 Å². The van der Waals surface area contributed by atoms with Crippen molar-refractivity contribution in [3.63, 3.8) is 0 Å². The maximum atomic E-state index is 11.5. The first-order valence-electron chi connectivity index (χ1n) is 6.29. The second-order valence-corrected chi connectivity index (χ2v) is 4.41. The van der Waals surface area contributed by atoms with E-state index in [1.165, 1.54) is 0 Å². The number of carbonyl (C=O) groups is 1. The Balaban J connectivity index is 1.64. The van der Waals surface area contributed by atoms with Crippen LogP contribution in [-0.2, 0) is 4.79 Å². The first-order valence-corrected chi connectivity index (χ1v) is 6.29. The summed E-state index contributed by atoms with van der Waals surface area (Å²) in [4.78, 5) is 15.7. The zero-order valence-electron chi connectivity index (χ0n) is 9.98. The van der Waals surface area contributed by atoms with E-state index in [0.717, 1.165) is 44.6 Å². The van der Waals surface area contributed by atoms with E-state index in [0.29, 0.717) is 0 Å². The Morgan fingerprint density at radius 3 is 3.18 bits per heavy atom. The number of rotatable bonds is 5. The average molecular weight is 233 g/mol. The Hall–Kier alpha value is -1.58. The molecule has 4 nitrogen and oxygen atoms in total. The zero-order chi connectivity index (χ0) is 11.9. The third kappa shape index (κ3) is 3.73. The molecule has 0 unspecified atom stereocenters. The van der Waals surface area contributed by atoms with Crippen LogP contribution in [0.25, 0.3) is 0 Å². The lowest BCUT2D eigenvalue weighted by molar-refractivity contribution is -0.126. The van der Waals surface area contributed by atoms with E-state index in [2.05, 4.69) is 15.6 Å². The minimum absolute atomic E-state index is 0.217. The van der Waals surface area contributed by atoms with Crippen molar-refractivity contribution in [3.8, 4) is 0 Å². The van der Waals surface area contributed by atoms with Gasteiger partial charge in [0.1, 0.15) is 5.82 Å². The molecule has 17 heavy (non-hydrogen) atoms. The normalized spacial score (nSPS) is 19.8. The molecule has 0 aromatic carbocycles. The molecule has 1 amide bonds. The highest BCUT2D eigenvalue weighted by Gasteiger charge is 2.20. The molecule has 2 heterocycles. The van der Waals surface area contributed by atoms with Crippen LogP contribution < -0.4 is 10.6 Å². The van der Waals surface area contributed by atoms with Crippen molar-refractivity contribution in [1.82, 2.24) is 10.3 Å². The third-order valence-electron chi connectivity index (χ3n) is 3.10. The molecule has 1 atom stereocenters. The summed E-state index contributed by atoms with van der Waals surface area (Å²) in [5.74, 6) is 1.35.